The Morgan fingerprint density at radius 3 is 2.34 bits per heavy atom. The molecule has 9 rings (SSSR count). The number of aliphatic hydroxyl groups excluding tert-OH is 1. The fraction of sp³-hybridized carbons (Fsp3) is 0.452. The molecular weight excluding hydrogens is 1160 g/mol. The van der Waals surface area contributed by atoms with Crippen molar-refractivity contribution in [2.45, 2.75) is 71.6 Å². The molecule has 0 unspecified atom stereocenters. The number of carbonyl (C=O) groups excluding carboxylic acids is 4. The molecule has 4 amide bonds. The van der Waals surface area contributed by atoms with E-state index in [0.29, 0.717) is 85.8 Å². The van der Waals surface area contributed by atoms with Crippen molar-refractivity contribution in [2.24, 2.45) is 5.92 Å². The van der Waals surface area contributed by atoms with Gasteiger partial charge in [0.1, 0.15) is 41.4 Å². The lowest BCUT2D eigenvalue weighted by atomic mass is 9.91. The number of hydrogen-bond acceptors (Lipinski definition) is 19. The maximum Gasteiger partial charge on any atom is 0.254 e. The molecule has 0 aliphatic carbocycles. The fourth-order valence-corrected chi connectivity index (χ4v) is 12.0. The second-order valence-corrected chi connectivity index (χ2v) is 23.1. The van der Waals surface area contributed by atoms with Crippen LogP contribution in [-0.2, 0) is 33.4 Å². The number of halogens is 2. The molecule has 0 bridgehead atoms. The van der Waals surface area contributed by atoms with Crippen molar-refractivity contribution in [1.29, 1.82) is 0 Å². The summed E-state index contributed by atoms with van der Waals surface area (Å²) in [4.78, 5) is 74.9. The van der Waals surface area contributed by atoms with Crippen LogP contribution in [0.15, 0.2) is 76.8 Å². The molecule has 0 radical (unpaired) electrons. The van der Waals surface area contributed by atoms with Gasteiger partial charge in [0, 0.05) is 95.2 Å². The van der Waals surface area contributed by atoms with Crippen LogP contribution in [0.3, 0.4) is 0 Å². The SMILES string of the molecule is COc1cc(-c2scnc2C)ccc1[C@H](C)NC(=O)[C@@H]1C[C@@H](O)CN1C(=O)[C@H](c1cc(OCCOCCOCCOCCN(C)C(=O)CCNc2nc(N3CCN(C(C)=O)CC3)c3cc(Cl)c(-c4cc(O)cc5ccccc45)c(F)c3n2)no1)C(C)C. The van der Waals surface area contributed by atoms with Gasteiger partial charge in [-0.25, -0.2) is 14.4 Å². The summed E-state index contributed by atoms with van der Waals surface area (Å²) in [7, 11) is 3.26. The lowest BCUT2D eigenvalue weighted by Crippen LogP contribution is -2.48. The summed E-state index contributed by atoms with van der Waals surface area (Å²) >= 11 is 8.42. The number of fused-ring (bicyclic) bond motifs is 2. The Bertz CT molecular complexity index is 3560. The van der Waals surface area contributed by atoms with E-state index in [1.165, 1.54) is 29.2 Å². The topological polar surface area (TPSA) is 257 Å². The molecule has 4 atom stereocenters. The van der Waals surface area contributed by atoms with Gasteiger partial charge in [0.15, 0.2) is 11.6 Å². The number of carbonyl (C=O) groups is 4. The number of benzene rings is 4. The highest BCUT2D eigenvalue weighted by Crippen LogP contribution is 2.43. The van der Waals surface area contributed by atoms with Gasteiger partial charge in [0.2, 0.25) is 29.6 Å². The quantitative estimate of drug-likeness (QED) is 0.0356. The van der Waals surface area contributed by atoms with Crippen LogP contribution in [0.25, 0.3) is 43.2 Å². The zero-order chi connectivity index (χ0) is 61.9. The summed E-state index contributed by atoms with van der Waals surface area (Å²) < 4.78 is 51.1. The van der Waals surface area contributed by atoms with E-state index in [2.05, 4.69) is 25.8 Å². The molecule has 464 valence electrons. The molecule has 2 aliphatic rings. The van der Waals surface area contributed by atoms with Gasteiger partial charge in [-0.1, -0.05) is 61.8 Å². The number of aryl methyl sites for hydroxylation is 1. The number of likely N-dealkylation sites (tertiary alicyclic amines) is 1. The molecule has 0 spiro atoms. The van der Waals surface area contributed by atoms with Gasteiger partial charge < -0.3 is 68.7 Å². The molecular formula is C62H74ClFN10O12S. The van der Waals surface area contributed by atoms with E-state index in [-0.39, 0.29) is 115 Å². The summed E-state index contributed by atoms with van der Waals surface area (Å²) in [6.07, 6.45) is -0.727. The number of hydrogen-bond donors (Lipinski definition) is 4. The minimum absolute atomic E-state index is 0.00839. The van der Waals surface area contributed by atoms with Gasteiger partial charge in [-0.2, -0.15) is 4.98 Å². The number of likely N-dealkylation sites (N-methyl/N-ethyl adjacent to an activating group) is 1. The van der Waals surface area contributed by atoms with Gasteiger partial charge >= 0.3 is 0 Å². The average Bonchev–Trinajstić information content (AvgIpc) is 1.46. The molecule has 2 saturated heterocycles. The molecule has 22 nitrogen and oxygen atoms in total. The highest BCUT2D eigenvalue weighted by molar-refractivity contribution is 7.13. The number of aromatic hydroxyl groups is 1. The summed E-state index contributed by atoms with van der Waals surface area (Å²) in [5, 5.41) is 33.5. The van der Waals surface area contributed by atoms with Crippen LogP contribution in [0.1, 0.15) is 69.5 Å². The maximum absolute atomic E-state index is 17.0. The van der Waals surface area contributed by atoms with E-state index in [1.807, 2.05) is 75.1 Å². The Morgan fingerprint density at radius 2 is 1.64 bits per heavy atom. The Balaban J connectivity index is 0.675. The van der Waals surface area contributed by atoms with Crippen molar-refractivity contribution in [3.63, 3.8) is 0 Å². The molecule has 2 fully saturated rings. The average molecular weight is 1240 g/mol. The van der Waals surface area contributed by atoms with Crippen molar-refractivity contribution in [2.75, 3.05) is 116 Å². The summed E-state index contributed by atoms with van der Waals surface area (Å²) in [5.74, 6) is -1.17. The fourth-order valence-electron chi connectivity index (χ4n) is 10.9. The van der Waals surface area contributed by atoms with E-state index in [4.69, 9.17) is 44.8 Å². The molecule has 25 heteroatoms. The van der Waals surface area contributed by atoms with Gasteiger partial charge in [0.05, 0.1) is 80.0 Å². The summed E-state index contributed by atoms with van der Waals surface area (Å²) in [5.41, 5.74) is 4.92. The molecule has 2 aliphatic heterocycles. The second kappa shape index (κ2) is 29.3. The van der Waals surface area contributed by atoms with E-state index in [1.54, 1.807) is 47.7 Å². The third-order valence-corrected chi connectivity index (χ3v) is 16.8. The number of aromatic nitrogens is 4. The number of β-amino-alcohol motifs (C(OH)–C–C–N with tert-alkyl or cyclic N) is 1. The van der Waals surface area contributed by atoms with Crippen molar-refractivity contribution in [3.8, 4) is 38.9 Å². The van der Waals surface area contributed by atoms with Gasteiger partial charge in [-0.3, -0.25) is 19.2 Å². The molecule has 5 heterocycles. The Labute approximate surface area is 512 Å². The highest BCUT2D eigenvalue weighted by atomic mass is 35.5. The van der Waals surface area contributed by atoms with E-state index in [0.717, 1.165) is 21.7 Å². The van der Waals surface area contributed by atoms with Gasteiger partial charge in [-0.15, -0.1) is 11.3 Å². The third kappa shape index (κ3) is 15.3. The number of methoxy groups -OCH3 is 1. The number of phenolic OH excluding ortho intramolecular Hbond substituents is 1. The first-order chi connectivity index (χ1) is 41.9. The number of thiazole rings is 1. The predicted molar refractivity (Wildman–Crippen MR) is 328 cm³/mol. The summed E-state index contributed by atoms with van der Waals surface area (Å²) in [6, 6.07) is 18.0. The van der Waals surface area contributed by atoms with E-state index < -0.39 is 35.8 Å². The molecule has 7 aromatic rings. The number of amides is 4. The van der Waals surface area contributed by atoms with Gasteiger partial charge in [0.25, 0.3) is 5.88 Å². The first kappa shape index (κ1) is 63.8. The van der Waals surface area contributed by atoms with Crippen LogP contribution in [-0.4, -0.2) is 187 Å². The number of phenols is 1. The van der Waals surface area contributed by atoms with Crippen molar-refractivity contribution in [3.05, 3.63) is 100 Å². The van der Waals surface area contributed by atoms with Crippen molar-refractivity contribution >= 4 is 80.0 Å². The molecule has 0 saturated carbocycles. The monoisotopic (exact) mass is 1240 g/mol. The predicted octanol–water partition coefficient (Wildman–Crippen LogP) is 8.01. The van der Waals surface area contributed by atoms with Crippen LogP contribution in [0.2, 0.25) is 5.02 Å². The zero-order valence-electron chi connectivity index (χ0n) is 49.8. The second-order valence-electron chi connectivity index (χ2n) is 21.8. The zero-order valence-corrected chi connectivity index (χ0v) is 51.4. The number of nitrogens with zero attached hydrogens (tertiary/aromatic N) is 8. The number of nitrogens with one attached hydrogen (secondary N) is 2. The minimum Gasteiger partial charge on any atom is -0.508 e. The summed E-state index contributed by atoms with van der Waals surface area (Å²) in [6.45, 7) is 13.1. The van der Waals surface area contributed by atoms with Gasteiger partial charge in [-0.05, 0) is 71.1 Å². The van der Waals surface area contributed by atoms with E-state index >= 15 is 4.39 Å². The Kier molecular flexibility index (Phi) is 21.5. The van der Waals surface area contributed by atoms with E-state index in [9.17, 15) is 29.4 Å². The number of rotatable bonds is 27. The van der Waals surface area contributed by atoms with Crippen LogP contribution in [0, 0.1) is 18.7 Å². The van der Waals surface area contributed by atoms with Crippen molar-refractivity contribution < 1.29 is 62.0 Å². The number of ether oxygens (including phenoxy) is 5. The minimum atomic E-state index is -0.915. The van der Waals surface area contributed by atoms with Crippen LogP contribution in [0.4, 0.5) is 16.2 Å². The first-order valence-corrected chi connectivity index (χ1v) is 30.3. The lowest BCUT2D eigenvalue weighted by Gasteiger charge is -2.35. The number of aliphatic hydroxyl groups is 1. The Hall–Kier alpha value is -7.74. The van der Waals surface area contributed by atoms with Crippen LogP contribution < -0.4 is 25.0 Å². The lowest BCUT2D eigenvalue weighted by molar-refractivity contribution is -0.141. The third-order valence-electron chi connectivity index (χ3n) is 15.5. The molecule has 4 aromatic carbocycles. The number of anilines is 2. The number of piperazine rings is 1. The molecule has 87 heavy (non-hydrogen) atoms. The Morgan fingerprint density at radius 1 is 0.920 bits per heavy atom. The first-order valence-electron chi connectivity index (χ1n) is 29.0. The molecule has 4 N–H and O–H groups in total. The standard InChI is InChI=1S/C62H74ClFN10O12S/c1-36(2)54(61(80)74-34-43(77)31-49(74)60(79)67-37(3)44-13-12-41(29-50(44)81-7)58-38(4)66-35-87-58)51-33-52(70-86-51)85-27-26-84-25-24-83-23-22-82-21-20-71(6)53(78)14-15-65-62-68-57-47(59(69-62)73-18-16-72(17-19-73)39(5)75)32-48(63)55(56(57)64)46-30-42(76)28-40-10-8-9-11-45(40)46/h8-13,28-30,32-33,35-37,43,49,54,76-77H,14-27,31,34H2,1-7H3,(H,67,79)(H,65,68,69)/t37-,43+,49-,54-/m0/s1. The molecule has 3 aromatic heterocycles. The van der Waals surface area contributed by atoms with Crippen LogP contribution >= 0.6 is 22.9 Å². The van der Waals surface area contributed by atoms with Crippen molar-refractivity contribution in [1.82, 2.24) is 40.1 Å². The maximum atomic E-state index is 17.0. The highest BCUT2D eigenvalue weighted by Gasteiger charge is 2.44. The normalized spacial score (nSPS) is 16.0. The smallest absolute Gasteiger partial charge is 0.254 e. The van der Waals surface area contributed by atoms with Crippen LogP contribution in [0.5, 0.6) is 17.4 Å². The largest absolute Gasteiger partial charge is 0.508 e.